The van der Waals surface area contributed by atoms with Gasteiger partial charge in [-0.25, -0.2) is 4.98 Å². The maximum atomic E-state index is 10.7. The Bertz CT molecular complexity index is 584. The largest absolute Gasteiger partial charge is 0.439 e. The summed E-state index contributed by atoms with van der Waals surface area (Å²) in [6, 6.07) is 7.94. The van der Waals surface area contributed by atoms with Crippen molar-refractivity contribution < 1.29 is 9.66 Å². The van der Waals surface area contributed by atoms with E-state index in [1.807, 2.05) is 6.92 Å². The fourth-order valence-corrected chi connectivity index (χ4v) is 1.58. The van der Waals surface area contributed by atoms with Crippen LogP contribution in [0.15, 0.2) is 41.0 Å². The lowest BCUT2D eigenvalue weighted by Crippen LogP contribution is -1.93. The SMILES string of the molecule is Cc1ccc([N+](=O)[O-])cc1Oc1ccc(Br)cn1. The highest BCUT2D eigenvalue weighted by molar-refractivity contribution is 9.10. The number of nitrogens with zero attached hydrogens (tertiary/aromatic N) is 2. The number of nitro benzene ring substituents is 1. The van der Waals surface area contributed by atoms with Crippen LogP contribution in [0.3, 0.4) is 0 Å². The van der Waals surface area contributed by atoms with Gasteiger partial charge >= 0.3 is 0 Å². The molecular weight excluding hydrogens is 300 g/mol. The first-order chi connectivity index (χ1) is 8.56. The average Bonchev–Trinajstić information content (AvgIpc) is 2.34. The topological polar surface area (TPSA) is 65.3 Å². The highest BCUT2D eigenvalue weighted by Crippen LogP contribution is 2.28. The van der Waals surface area contributed by atoms with Crippen LogP contribution in [0.1, 0.15) is 5.56 Å². The summed E-state index contributed by atoms with van der Waals surface area (Å²) in [5, 5.41) is 10.7. The van der Waals surface area contributed by atoms with Gasteiger partial charge in [0.05, 0.1) is 11.0 Å². The second-order valence-corrected chi connectivity index (χ2v) is 4.54. The molecule has 0 radical (unpaired) electrons. The van der Waals surface area contributed by atoms with E-state index in [1.165, 1.54) is 12.1 Å². The van der Waals surface area contributed by atoms with Gasteiger partial charge in [-0.3, -0.25) is 10.1 Å². The molecule has 1 heterocycles. The molecule has 92 valence electrons. The summed E-state index contributed by atoms with van der Waals surface area (Å²) in [6.45, 7) is 1.82. The minimum absolute atomic E-state index is 0.00675. The van der Waals surface area contributed by atoms with Gasteiger partial charge in [0.15, 0.2) is 0 Å². The Morgan fingerprint density at radius 3 is 2.72 bits per heavy atom. The number of non-ortho nitro benzene ring substituents is 1. The van der Waals surface area contributed by atoms with Crippen molar-refractivity contribution in [3.8, 4) is 11.6 Å². The fraction of sp³-hybridized carbons (Fsp3) is 0.0833. The van der Waals surface area contributed by atoms with Gasteiger partial charge in [0.1, 0.15) is 5.75 Å². The Kier molecular flexibility index (Phi) is 3.57. The van der Waals surface area contributed by atoms with Gasteiger partial charge in [-0.2, -0.15) is 0 Å². The van der Waals surface area contributed by atoms with E-state index in [-0.39, 0.29) is 5.69 Å². The molecule has 0 bridgehead atoms. The first kappa shape index (κ1) is 12.5. The Morgan fingerprint density at radius 2 is 2.11 bits per heavy atom. The molecular formula is C12H9BrN2O3. The third-order valence-corrected chi connectivity index (χ3v) is 2.77. The number of hydrogen-bond donors (Lipinski definition) is 0. The molecule has 0 aliphatic carbocycles. The molecule has 2 rings (SSSR count). The van der Waals surface area contributed by atoms with Crippen molar-refractivity contribution in [1.29, 1.82) is 0 Å². The molecule has 0 N–H and O–H groups in total. The second-order valence-electron chi connectivity index (χ2n) is 3.62. The van der Waals surface area contributed by atoms with Gasteiger partial charge in [-0.05, 0) is 40.5 Å². The van der Waals surface area contributed by atoms with E-state index < -0.39 is 4.92 Å². The van der Waals surface area contributed by atoms with Crippen molar-refractivity contribution in [2.45, 2.75) is 6.92 Å². The van der Waals surface area contributed by atoms with Crippen LogP contribution in [0.25, 0.3) is 0 Å². The number of rotatable bonds is 3. The second kappa shape index (κ2) is 5.14. The van der Waals surface area contributed by atoms with Crippen LogP contribution in [-0.2, 0) is 0 Å². The monoisotopic (exact) mass is 308 g/mol. The van der Waals surface area contributed by atoms with Crippen molar-refractivity contribution in [2.75, 3.05) is 0 Å². The Balaban J connectivity index is 2.30. The average molecular weight is 309 g/mol. The van der Waals surface area contributed by atoms with Crippen LogP contribution in [0, 0.1) is 17.0 Å². The third-order valence-electron chi connectivity index (χ3n) is 2.30. The molecule has 0 aliphatic rings. The van der Waals surface area contributed by atoms with Gasteiger partial charge < -0.3 is 4.74 Å². The fourth-order valence-electron chi connectivity index (χ4n) is 1.35. The van der Waals surface area contributed by atoms with E-state index >= 15 is 0 Å². The lowest BCUT2D eigenvalue weighted by atomic mass is 10.2. The summed E-state index contributed by atoms with van der Waals surface area (Å²) in [7, 11) is 0. The molecule has 0 amide bonds. The normalized spacial score (nSPS) is 10.1. The number of nitro groups is 1. The molecule has 6 heteroatoms. The molecule has 1 aromatic carbocycles. The van der Waals surface area contributed by atoms with E-state index in [0.29, 0.717) is 11.6 Å². The van der Waals surface area contributed by atoms with Crippen molar-refractivity contribution in [3.05, 3.63) is 56.7 Å². The maximum Gasteiger partial charge on any atom is 0.273 e. The van der Waals surface area contributed by atoms with Crippen LogP contribution in [0.4, 0.5) is 5.69 Å². The van der Waals surface area contributed by atoms with Gasteiger partial charge in [0.25, 0.3) is 5.69 Å². The molecule has 1 aromatic heterocycles. The molecule has 0 atom stereocenters. The molecule has 0 aliphatic heterocycles. The number of pyridine rings is 1. The molecule has 5 nitrogen and oxygen atoms in total. The lowest BCUT2D eigenvalue weighted by molar-refractivity contribution is -0.384. The first-order valence-electron chi connectivity index (χ1n) is 5.11. The summed E-state index contributed by atoms with van der Waals surface area (Å²) in [5.74, 6) is 0.820. The van der Waals surface area contributed by atoms with Gasteiger partial charge in [-0.15, -0.1) is 0 Å². The van der Waals surface area contributed by atoms with Gasteiger partial charge in [-0.1, -0.05) is 0 Å². The summed E-state index contributed by atoms with van der Waals surface area (Å²) in [6.07, 6.45) is 1.60. The number of aryl methyl sites for hydroxylation is 1. The van der Waals surface area contributed by atoms with Crippen LogP contribution >= 0.6 is 15.9 Å². The Labute approximate surface area is 112 Å². The number of halogens is 1. The van der Waals surface area contributed by atoms with E-state index in [4.69, 9.17) is 4.74 Å². The molecule has 0 saturated heterocycles. The van der Waals surface area contributed by atoms with Crippen molar-refractivity contribution >= 4 is 21.6 Å². The molecule has 2 aromatic rings. The molecule has 0 spiro atoms. The Morgan fingerprint density at radius 1 is 1.33 bits per heavy atom. The Hall–Kier alpha value is -1.95. The smallest absolute Gasteiger partial charge is 0.273 e. The highest BCUT2D eigenvalue weighted by Gasteiger charge is 2.10. The number of aromatic nitrogens is 1. The van der Waals surface area contributed by atoms with E-state index in [2.05, 4.69) is 20.9 Å². The van der Waals surface area contributed by atoms with E-state index in [0.717, 1.165) is 10.0 Å². The first-order valence-corrected chi connectivity index (χ1v) is 5.90. The zero-order valence-electron chi connectivity index (χ0n) is 9.46. The quantitative estimate of drug-likeness (QED) is 0.638. The van der Waals surface area contributed by atoms with Gasteiger partial charge in [0, 0.05) is 22.8 Å². The van der Waals surface area contributed by atoms with E-state index in [1.54, 1.807) is 24.4 Å². The van der Waals surface area contributed by atoms with Crippen LogP contribution in [0.5, 0.6) is 11.6 Å². The minimum atomic E-state index is -0.457. The standard InChI is InChI=1S/C12H9BrN2O3/c1-8-2-4-10(15(16)17)6-11(8)18-12-5-3-9(13)7-14-12/h2-7H,1H3. The number of hydrogen-bond acceptors (Lipinski definition) is 4. The minimum Gasteiger partial charge on any atom is -0.439 e. The maximum absolute atomic E-state index is 10.7. The van der Waals surface area contributed by atoms with Gasteiger partial charge in [0.2, 0.25) is 5.88 Å². The summed E-state index contributed by atoms with van der Waals surface area (Å²) in [4.78, 5) is 14.3. The molecule has 0 saturated carbocycles. The molecule has 0 fully saturated rings. The van der Waals surface area contributed by atoms with E-state index in [9.17, 15) is 10.1 Å². The van der Waals surface area contributed by atoms with Crippen molar-refractivity contribution in [2.24, 2.45) is 0 Å². The number of ether oxygens (including phenoxy) is 1. The zero-order valence-corrected chi connectivity index (χ0v) is 11.0. The van der Waals surface area contributed by atoms with Crippen molar-refractivity contribution in [3.63, 3.8) is 0 Å². The summed E-state index contributed by atoms with van der Waals surface area (Å²) < 4.78 is 6.36. The third kappa shape index (κ3) is 2.84. The summed E-state index contributed by atoms with van der Waals surface area (Å²) in [5.41, 5.74) is 0.804. The highest BCUT2D eigenvalue weighted by atomic mass is 79.9. The van der Waals surface area contributed by atoms with Crippen LogP contribution in [-0.4, -0.2) is 9.91 Å². The lowest BCUT2D eigenvalue weighted by Gasteiger charge is -2.07. The molecule has 18 heavy (non-hydrogen) atoms. The predicted molar refractivity (Wildman–Crippen MR) is 69.8 cm³/mol. The van der Waals surface area contributed by atoms with Crippen molar-refractivity contribution in [1.82, 2.24) is 4.98 Å². The van der Waals surface area contributed by atoms with Crippen LogP contribution in [0.2, 0.25) is 0 Å². The predicted octanol–water partition coefficient (Wildman–Crippen LogP) is 3.85. The number of benzene rings is 1. The molecule has 0 unspecified atom stereocenters. The zero-order chi connectivity index (χ0) is 13.1. The van der Waals surface area contributed by atoms with Crippen LogP contribution < -0.4 is 4.74 Å². The summed E-state index contributed by atoms with van der Waals surface area (Å²) >= 11 is 3.27.